The van der Waals surface area contributed by atoms with E-state index in [1.54, 1.807) is 24.5 Å². The molecule has 0 aliphatic carbocycles. The van der Waals surface area contributed by atoms with E-state index < -0.39 is 0 Å². The molecule has 0 saturated carbocycles. The third-order valence-electron chi connectivity index (χ3n) is 3.69. The predicted octanol–water partition coefficient (Wildman–Crippen LogP) is 3.68. The molecular formula is C17H21FN2O. The number of hydrogen-bond donors (Lipinski definition) is 1. The van der Waals surface area contributed by atoms with Crippen LogP contribution in [0, 0.1) is 5.82 Å². The van der Waals surface area contributed by atoms with Crippen LogP contribution < -0.4 is 10.1 Å². The van der Waals surface area contributed by atoms with Gasteiger partial charge in [0.2, 0.25) is 0 Å². The van der Waals surface area contributed by atoms with E-state index in [-0.39, 0.29) is 23.5 Å². The molecule has 0 aliphatic heterocycles. The van der Waals surface area contributed by atoms with Crippen LogP contribution in [0.25, 0.3) is 0 Å². The molecule has 0 radical (unpaired) electrons. The highest BCUT2D eigenvalue weighted by atomic mass is 19.1. The predicted molar refractivity (Wildman–Crippen MR) is 82.0 cm³/mol. The van der Waals surface area contributed by atoms with Crippen molar-refractivity contribution in [3.63, 3.8) is 0 Å². The highest BCUT2D eigenvalue weighted by molar-refractivity contribution is 5.33. The molecule has 21 heavy (non-hydrogen) atoms. The summed E-state index contributed by atoms with van der Waals surface area (Å²) in [6.07, 6.45) is 3.56. The second-order valence-electron chi connectivity index (χ2n) is 5.00. The summed E-state index contributed by atoms with van der Waals surface area (Å²) in [6.45, 7) is 4.99. The Bertz CT molecular complexity index is 574. The molecule has 2 atom stereocenters. The average Bonchev–Trinajstić information content (AvgIpc) is 2.52. The van der Waals surface area contributed by atoms with E-state index in [1.807, 2.05) is 25.1 Å². The molecule has 0 fully saturated rings. The number of pyridine rings is 1. The Morgan fingerprint density at radius 3 is 2.48 bits per heavy atom. The number of aromatic nitrogens is 1. The third kappa shape index (κ3) is 3.58. The highest BCUT2D eigenvalue weighted by Crippen LogP contribution is 2.32. The van der Waals surface area contributed by atoms with Crippen LogP contribution in [0.1, 0.15) is 36.9 Å². The van der Waals surface area contributed by atoms with Gasteiger partial charge in [-0.2, -0.15) is 0 Å². The Morgan fingerprint density at radius 2 is 1.90 bits per heavy atom. The van der Waals surface area contributed by atoms with Gasteiger partial charge in [0.25, 0.3) is 0 Å². The second-order valence-corrected chi connectivity index (χ2v) is 5.00. The molecule has 1 aromatic carbocycles. The van der Waals surface area contributed by atoms with Crippen molar-refractivity contribution >= 4 is 0 Å². The number of benzene rings is 1. The van der Waals surface area contributed by atoms with Crippen LogP contribution in [-0.2, 0) is 0 Å². The van der Waals surface area contributed by atoms with Crippen LogP contribution in [0.2, 0.25) is 0 Å². The fourth-order valence-corrected chi connectivity index (χ4v) is 2.54. The molecule has 112 valence electrons. The lowest BCUT2D eigenvalue weighted by Gasteiger charge is -2.26. The Kier molecular flexibility index (Phi) is 5.28. The smallest absolute Gasteiger partial charge is 0.165 e. The fraction of sp³-hybridized carbons (Fsp3) is 0.353. The minimum atomic E-state index is -0.333. The molecular weight excluding hydrogens is 267 g/mol. The molecule has 3 nitrogen and oxygen atoms in total. The summed E-state index contributed by atoms with van der Waals surface area (Å²) in [5.41, 5.74) is 2.09. The van der Waals surface area contributed by atoms with Gasteiger partial charge in [0.15, 0.2) is 11.6 Å². The second kappa shape index (κ2) is 7.18. The number of ether oxygens (including phenoxy) is 1. The van der Waals surface area contributed by atoms with E-state index in [0.717, 1.165) is 12.1 Å². The van der Waals surface area contributed by atoms with Crippen molar-refractivity contribution < 1.29 is 9.13 Å². The summed E-state index contributed by atoms with van der Waals surface area (Å²) in [5, 5.41) is 3.43. The van der Waals surface area contributed by atoms with Crippen molar-refractivity contribution in [2.45, 2.75) is 25.8 Å². The third-order valence-corrected chi connectivity index (χ3v) is 3.69. The molecule has 0 bridgehead atoms. The van der Waals surface area contributed by atoms with Crippen LogP contribution in [0.5, 0.6) is 5.75 Å². The van der Waals surface area contributed by atoms with E-state index >= 15 is 0 Å². The van der Waals surface area contributed by atoms with Gasteiger partial charge in [0, 0.05) is 24.4 Å². The summed E-state index contributed by atoms with van der Waals surface area (Å²) in [7, 11) is 1.47. The number of hydrogen-bond acceptors (Lipinski definition) is 3. The van der Waals surface area contributed by atoms with Gasteiger partial charge in [-0.05, 0) is 41.9 Å². The topological polar surface area (TPSA) is 34.1 Å². The van der Waals surface area contributed by atoms with Gasteiger partial charge in [0.1, 0.15) is 0 Å². The van der Waals surface area contributed by atoms with Gasteiger partial charge in [-0.3, -0.25) is 4.98 Å². The van der Waals surface area contributed by atoms with E-state index in [2.05, 4.69) is 17.2 Å². The Labute approximate surface area is 125 Å². The SMILES string of the molecule is CCNC(c1ccc(OC)c(F)c1)C(C)c1ccncc1. The van der Waals surface area contributed by atoms with E-state index in [0.29, 0.717) is 0 Å². The van der Waals surface area contributed by atoms with Gasteiger partial charge in [-0.25, -0.2) is 4.39 Å². The van der Waals surface area contributed by atoms with Crippen molar-refractivity contribution in [3.8, 4) is 5.75 Å². The lowest BCUT2D eigenvalue weighted by Crippen LogP contribution is -2.26. The van der Waals surface area contributed by atoms with Crippen molar-refractivity contribution in [1.29, 1.82) is 0 Å². The van der Waals surface area contributed by atoms with Crippen molar-refractivity contribution in [2.24, 2.45) is 0 Å². The van der Waals surface area contributed by atoms with Gasteiger partial charge in [-0.1, -0.05) is 19.9 Å². The zero-order valence-corrected chi connectivity index (χ0v) is 12.6. The van der Waals surface area contributed by atoms with Gasteiger partial charge in [-0.15, -0.1) is 0 Å². The number of nitrogens with one attached hydrogen (secondary N) is 1. The monoisotopic (exact) mass is 288 g/mol. The normalized spacial score (nSPS) is 13.7. The molecule has 0 aliphatic rings. The lowest BCUT2D eigenvalue weighted by atomic mass is 9.89. The largest absolute Gasteiger partial charge is 0.494 e. The molecule has 1 heterocycles. The minimum Gasteiger partial charge on any atom is -0.494 e. The maximum atomic E-state index is 14.0. The Balaban J connectivity index is 2.32. The van der Waals surface area contributed by atoms with Crippen LogP contribution in [0.15, 0.2) is 42.7 Å². The zero-order chi connectivity index (χ0) is 15.2. The van der Waals surface area contributed by atoms with Gasteiger partial charge < -0.3 is 10.1 Å². The first-order valence-electron chi connectivity index (χ1n) is 7.14. The molecule has 0 spiro atoms. The maximum absolute atomic E-state index is 14.0. The van der Waals surface area contributed by atoms with Gasteiger partial charge in [0.05, 0.1) is 7.11 Å². The summed E-state index contributed by atoms with van der Waals surface area (Å²) < 4.78 is 18.9. The van der Waals surface area contributed by atoms with Crippen LogP contribution >= 0.6 is 0 Å². The van der Waals surface area contributed by atoms with Gasteiger partial charge >= 0.3 is 0 Å². The number of rotatable bonds is 6. The first-order chi connectivity index (χ1) is 10.2. The van der Waals surface area contributed by atoms with Crippen LogP contribution in [0.3, 0.4) is 0 Å². The highest BCUT2D eigenvalue weighted by Gasteiger charge is 2.21. The van der Waals surface area contributed by atoms with Crippen LogP contribution in [-0.4, -0.2) is 18.6 Å². The zero-order valence-electron chi connectivity index (χ0n) is 12.6. The van der Waals surface area contributed by atoms with E-state index in [9.17, 15) is 4.39 Å². The lowest BCUT2D eigenvalue weighted by molar-refractivity contribution is 0.384. The molecule has 1 N–H and O–H groups in total. The number of nitrogens with zero attached hydrogens (tertiary/aromatic N) is 1. The van der Waals surface area contributed by atoms with Crippen molar-refractivity contribution in [2.75, 3.05) is 13.7 Å². The number of methoxy groups -OCH3 is 1. The number of likely N-dealkylation sites (N-methyl/N-ethyl adjacent to an activating group) is 1. The van der Waals surface area contributed by atoms with E-state index in [1.165, 1.54) is 12.7 Å². The standard InChI is InChI=1S/C17H21FN2O/c1-4-20-17(12(2)13-7-9-19-10-8-13)14-5-6-16(21-3)15(18)11-14/h5-12,17,20H,4H2,1-3H3. The summed E-state index contributed by atoms with van der Waals surface area (Å²) in [5.74, 6) is 0.145. The van der Waals surface area contributed by atoms with Crippen molar-refractivity contribution in [3.05, 3.63) is 59.7 Å². The summed E-state index contributed by atoms with van der Waals surface area (Å²) in [4.78, 5) is 4.05. The molecule has 2 aromatic rings. The maximum Gasteiger partial charge on any atom is 0.165 e. The Hall–Kier alpha value is -1.94. The average molecular weight is 288 g/mol. The van der Waals surface area contributed by atoms with Crippen LogP contribution in [0.4, 0.5) is 4.39 Å². The molecule has 2 rings (SSSR count). The Morgan fingerprint density at radius 1 is 1.19 bits per heavy atom. The quantitative estimate of drug-likeness (QED) is 0.880. The summed E-state index contributed by atoms with van der Waals surface area (Å²) in [6, 6.07) is 9.16. The minimum absolute atomic E-state index is 0.0396. The molecule has 0 amide bonds. The van der Waals surface area contributed by atoms with Crippen molar-refractivity contribution in [1.82, 2.24) is 10.3 Å². The first kappa shape index (κ1) is 15.4. The van der Waals surface area contributed by atoms with E-state index in [4.69, 9.17) is 4.74 Å². The fourth-order valence-electron chi connectivity index (χ4n) is 2.54. The molecule has 2 unspecified atom stereocenters. The molecule has 0 saturated heterocycles. The number of halogens is 1. The molecule has 4 heteroatoms. The first-order valence-corrected chi connectivity index (χ1v) is 7.14. The summed E-state index contributed by atoms with van der Waals surface area (Å²) >= 11 is 0. The molecule has 1 aromatic heterocycles.